The van der Waals surface area contributed by atoms with Crippen LogP contribution in [0.4, 0.5) is 0 Å². The Kier molecular flexibility index (Phi) is 9.23. The molecule has 6 nitrogen and oxygen atoms in total. The number of benzene rings is 2. The minimum atomic E-state index is 0. The summed E-state index contributed by atoms with van der Waals surface area (Å²) in [4.78, 5) is 9.06. The van der Waals surface area contributed by atoms with Crippen LogP contribution in [-0.2, 0) is 13.0 Å². The summed E-state index contributed by atoms with van der Waals surface area (Å²) in [6.07, 6.45) is 1.05. The Morgan fingerprint density at radius 2 is 1.80 bits per heavy atom. The first kappa shape index (κ1) is 24.3. The van der Waals surface area contributed by atoms with Gasteiger partial charge in [0.15, 0.2) is 17.5 Å². The van der Waals surface area contributed by atoms with E-state index in [-0.39, 0.29) is 30.0 Å². The number of nitrogens with one attached hydrogen (secondary N) is 1. The predicted molar refractivity (Wildman–Crippen MR) is 133 cm³/mol. The number of halogens is 1. The Morgan fingerprint density at radius 1 is 1.10 bits per heavy atom. The van der Waals surface area contributed by atoms with Crippen LogP contribution in [-0.4, -0.2) is 64.2 Å². The van der Waals surface area contributed by atoms with Crippen LogP contribution < -0.4 is 14.8 Å². The van der Waals surface area contributed by atoms with Crippen LogP contribution in [0.2, 0.25) is 0 Å². The van der Waals surface area contributed by atoms with E-state index >= 15 is 0 Å². The van der Waals surface area contributed by atoms with Crippen molar-refractivity contribution in [3.05, 3.63) is 59.2 Å². The fourth-order valence-electron chi connectivity index (χ4n) is 3.86. The molecule has 1 atom stereocenters. The third-order valence-electron chi connectivity index (χ3n) is 5.51. The number of hydrogen-bond donors (Lipinski definition) is 1. The van der Waals surface area contributed by atoms with Crippen LogP contribution in [0.5, 0.6) is 11.5 Å². The molecule has 30 heavy (non-hydrogen) atoms. The second-order valence-corrected chi connectivity index (χ2v) is 7.46. The largest absolute Gasteiger partial charge is 0.493 e. The lowest BCUT2D eigenvalue weighted by molar-refractivity contribution is 0.290. The lowest BCUT2D eigenvalue weighted by atomic mass is 10.0. The van der Waals surface area contributed by atoms with Crippen LogP contribution in [0.15, 0.2) is 47.5 Å². The number of fused-ring (bicyclic) bond motifs is 1. The summed E-state index contributed by atoms with van der Waals surface area (Å²) >= 11 is 0. The van der Waals surface area contributed by atoms with Crippen molar-refractivity contribution < 1.29 is 9.47 Å². The smallest absolute Gasteiger partial charge is 0.194 e. The van der Waals surface area contributed by atoms with Gasteiger partial charge in [-0.05, 0) is 49.3 Å². The van der Waals surface area contributed by atoms with Crippen molar-refractivity contribution in [2.45, 2.75) is 19.0 Å². The van der Waals surface area contributed by atoms with E-state index in [0.29, 0.717) is 0 Å². The monoisotopic (exact) mass is 524 g/mol. The van der Waals surface area contributed by atoms with Crippen molar-refractivity contribution >= 4 is 29.9 Å². The molecule has 0 spiro atoms. The fraction of sp³-hybridized carbons (Fsp3) is 0.435. The molecule has 0 saturated heterocycles. The number of guanidine groups is 1. The first-order chi connectivity index (χ1) is 14.1. The Morgan fingerprint density at radius 3 is 2.43 bits per heavy atom. The second-order valence-electron chi connectivity index (χ2n) is 7.46. The number of nitrogens with zero attached hydrogens (tertiary/aromatic N) is 3. The molecule has 164 valence electrons. The molecule has 2 aromatic carbocycles. The minimum absolute atomic E-state index is 0. The van der Waals surface area contributed by atoms with Gasteiger partial charge in [0.05, 0.1) is 20.3 Å². The van der Waals surface area contributed by atoms with Gasteiger partial charge in [-0.15, -0.1) is 24.0 Å². The zero-order chi connectivity index (χ0) is 20.8. The van der Waals surface area contributed by atoms with Crippen LogP contribution in [0.1, 0.15) is 22.7 Å². The summed E-state index contributed by atoms with van der Waals surface area (Å²) in [5.74, 6) is 2.42. The summed E-state index contributed by atoms with van der Waals surface area (Å²) in [5.41, 5.74) is 3.99. The number of aliphatic imine (C=N–C) groups is 1. The summed E-state index contributed by atoms with van der Waals surface area (Å²) in [6.45, 7) is 2.60. The number of methoxy groups -OCH3 is 2. The molecule has 0 fully saturated rings. The van der Waals surface area contributed by atoms with Gasteiger partial charge in [-0.3, -0.25) is 4.99 Å². The van der Waals surface area contributed by atoms with E-state index in [1.165, 1.54) is 16.7 Å². The number of ether oxygens (including phenoxy) is 2. The molecule has 0 amide bonds. The van der Waals surface area contributed by atoms with Crippen LogP contribution in [0.25, 0.3) is 0 Å². The number of rotatable bonds is 6. The number of hydrogen-bond acceptors (Lipinski definition) is 4. The molecule has 3 rings (SSSR count). The van der Waals surface area contributed by atoms with Gasteiger partial charge in [-0.25, -0.2) is 0 Å². The van der Waals surface area contributed by atoms with E-state index in [4.69, 9.17) is 9.47 Å². The summed E-state index contributed by atoms with van der Waals surface area (Å²) < 4.78 is 10.9. The first-order valence-electron chi connectivity index (χ1n) is 9.98. The average Bonchev–Trinajstić information content (AvgIpc) is 2.75. The standard InChI is InChI=1S/C23H32N4O2.HI/c1-24-23(27-13-12-17-8-6-7-9-19(17)16-27)25-15-20(26(2)3)18-10-11-21(28-4)22(14-18)29-5;/h6-11,14,20H,12-13,15-16H2,1-5H3,(H,24,25);1H. The van der Waals surface area contributed by atoms with Gasteiger partial charge in [-0.2, -0.15) is 0 Å². The van der Waals surface area contributed by atoms with Crippen LogP contribution in [0.3, 0.4) is 0 Å². The predicted octanol–water partition coefficient (Wildman–Crippen LogP) is 3.56. The average molecular weight is 524 g/mol. The highest BCUT2D eigenvalue weighted by Gasteiger charge is 2.21. The topological polar surface area (TPSA) is 49.3 Å². The van der Waals surface area contributed by atoms with Crippen molar-refractivity contribution in [3.8, 4) is 11.5 Å². The third-order valence-corrected chi connectivity index (χ3v) is 5.51. The van der Waals surface area contributed by atoms with Gasteiger partial charge in [0, 0.05) is 26.7 Å². The quantitative estimate of drug-likeness (QED) is 0.356. The van der Waals surface area contributed by atoms with Gasteiger partial charge in [-0.1, -0.05) is 30.3 Å². The lowest BCUT2D eigenvalue weighted by Gasteiger charge is -2.33. The van der Waals surface area contributed by atoms with E-state index in [1.54, 1.807) is 14.2 Å². The molecule has 1 N–H and O–H groups in total. The SMILES string of the molecule is CN=C(NCC(c1ccc(OC)c(OC)c1)N(C)C)N1CCc2ccccc2C1.I. The molecule has 1 unspecified atom stereocenters. The van der Waals surface area contributed by atoms with Gasteiger partial charge in [0.25, 0.3) is 0 Å². The first-order valence-corrected chi connectivity index (χ1v) is 9.98. The highest BCUT2D eigenvalue weighted by molar-refractivity contribution is 14.0. The zero-order valence-electron chi connectivity index (χ0n) is 18.5. The Hall–Kier alpha value is -2.00. The molecule has 0 radical (unpaired) electrons. The Labute approximate surface area is 197 Å². The van der Waals surface area contributed by atoms with Crippen LogP contribution >= 0.6 is 24.0 Å². The van der Waals surface area contributed by atoms with E-state index in [2.05, 4.69) is 64.5 Å². The van der Waals surface area contributed by atoms with Gasteiger partial charge >= 0.3 is 0 Å². The Balaban J connectivity index is 0.00000320. The summed E-state index contributed by atoms with van der Waals surface area (Å²) in [5, 5.41) is 3.58. The van der Waals surface area contributed by atoms with Crippen molar-refractivity contribution in [2.75, 3.05) is 48.5 Å². The van der Waals surface area contributed by atoms with Crippen molar-refractivity contribution in [1.82, 2.24) is 15.1 Å². The molecule has 7 heteroatoms. The van der Waals surface area contributed by atoms with Gasteiger partial charge in [0.2, 0.25) is 0 Å². The number of likely N-dealkylation sites (N-methyl/N-ethyl adjacent to an activating group) is 1. The molecule has 1 aliphatic heterocycles. The molecule has 0 bridgehead atoms. The van der Waals surface area contributed by atoms with E-state index in [0.717, 1.165) is 43.5 Å². The molecule has 0 aromatic heterocycles. The maximum atomic E-state index is 5.49. The van der Waals surface area contributed by atoms with E-state index in [1.807, 2.05) is 19.2 Å². The molecule has 1 aliphatic rings. The van der Waals surface area contributed by atoms with Gasteiger partial charge < -0.3 is 24.6 Å². The molecular weight excluding hydrogens is 491 g/mol. The summed E-state index contributed by atoms with van der Waals surface area (Å²) in [7, 11) is 9.35. The fourth-order valence-corrected chi connectivity index (χ4v) is 3.86. The summed E-state index contributed by atoms with van der Waals surface area (Å²) in [6, 6.07) is 14.9. The Bertz CT molecular complexity index is 857. The van der Waals surface area contributed by atoms with Crippen molar-refractivity contribution in [3.63, 3.8) is 0 Å². The van der Waals surface area contributed by atoms with Crippen LogP contribution in [0, 0.1) is 0 Å². The molecular formula is C23H33IN4O2. The molecule has 0 aliphatic carbocycles. The van der Waals surface area contributed by atoms with E-state index < -0.39 is 0 Å². The van der Waals surface area contributed by atoms with E-state index in [9.17, 15) is 0 Å². The normalized spacial score (nSPS) is 14.6. The lowest BCUT2D eigenvalue weighted by Crippen LogP contribution is -2.46. The molecule has 2 aromatic rings. The zero-order valence-corrected chi connectivity index (χ0v) is 20.8. The molecule has 1 heterocycles. The van der Waals surface area contributed by atoms with Crippen molar-refractivity contribution in [1.29, 1.82) is 0 Å². The minimum Gasteiger partial charge on any atom is -0.493 e. The second kappa shape index (κ2) is 11.4. The van der Waals surface area contributed by atoms with Crippen molar-refractivity contribution in [2.24, 2.45) is 4.99 Å². The maximum absolute atomic E-state index is 5.49. The van der Waals surface area contributed by atoms with Gasteiger partial charge in [0.1, 0.15) is 0 Å². The maximum Gasteiger partial charge on any atom is 0.194 e. The third kappa shape index (κ3) is 5.57. The highest BCUT2D eigenvalue weighted by Crippen LogP contribution is 2.31. The highest BCUT2D eigenvalue weighted by atomic mass is 127. The molecule has 0 saturated carbocycles.